The van der Waals surface area contributed by atoms with Crippen LogP contribution in [0.25, 0.3) is 0 Å². The number of nitrogens with two attached hydrogens (primary N) is 1. The number of hydrogen-bond acceptors (Lipinski definition) is 4. The Hall–Kier alpha value is -1.86. The van der Waals surface area contributed by atoms with Crippen LogP contribution in [0.2, 0.25) is 0 Å². The summed E-state index contributed by atoms with van der Waals surface area (Å²) in [6, 6.07) is 7.43. The van der Waals surface area contributed by atoms with Crippen molar-refractivity contribution in [1.82, 2.24) is 5.32 Å². The molecule has 0 unspecified atom stereocenters. The van der Waals surface area contributed by atoms with Crippen molar-refractivity contribution in [2.24, 2.45) is 5.73 Å². The Labute approximate surface area is 122 Å². The molecule has 7 heteroatoms. The van der Waals surface area contributed by atoms with Gasteiger partial charge in [0.05, 0.1) is 38.0 Å². The molecule has 1 heterocycles. The number of ether oxygens (including phenoxy) is 2. The molecule has 0 spiro atoms. The molecule has 1 aromatic carbocycles. The van der Waals surface area contributed by atoms with Crippen LogP contribution >= 0.6 is 12.2 Å². The van der Waals surface area contributed by atoms with Crippen LogP contribution in [0.4, 0.5) is 5.69 Å². The van der Waals surface area contributed by atoms with Crippen LogP contribution in [0.5, 0.6) is 5.75 Å². The number of methoxy groups -OCH3 is 1. The Kier molecular flexibility index (Phi) is 4.41. The van der Waals surface area contributed by atoms with E-state index in [0.29, 0.717) is 24.1 Å². The van der Waals surface area contributed by atoms with Gasteiger partial charge in [-0.2, -0.15) is 0 Å². The van der Waals surface area contributed by atoms with E-state index in [1.54, 1.807) is 7.11 Å². The average Bonchev–Trinajstić information content (AvgIpc) is 2.36. The van der Waals surface area contributed by atoms with E-state index >= 15 is 0 Å². The largest absolute Gasteiger partial charge is 0.495 e. The molecule has 4 N–H and O–H groups in total. The van der Waals surface area contributed by atoms with Crippen LogP contribution in [0.3, 0.4) is 0 Å². The van der Waals surface area contributed by atoms with Crippen LogP contribution in [0, 0.1) is 0 Å². The van der Waals surface area contributed by atoms with Crippen molar-refractivity contribution in [1.29, 1.82) is 0 Å². The lowest BCUT2D eigenvalue weighted by Crippen LogP contribution is -2.64. The highest BCUT2D eigenvalue weighted by molar-refractivity contribution is 7.80. The lowest BCUT2D eigenvalue weighted by atomic mass is 9.93. The molecule has 0 radical (unpaired) electrons. The average molecular weight is 295 g/mol. The highest BCUT2D eigenvalue weighted by atomic mass is 32.1. The van der Waals surface area contributed by atoms with Crippen LogP contribution in [-0.4, -0.2) is 36.9 Å². The number of hydrogen-bond donors (Lipinski definition) is 3. The highest BCUT2D eigenvalue weighted by Gasteiger charge is 2.40. The first-order chi connectivity index (χ1) is 9.54. The number of para-hydroxylation sites is 2. The summed E-state index contributed by atoms with van der Waals surface area (Å²) in [4.78, 5) is 11.1. The molecule has 1 saturated heterocycles. The minimum Gasteiger partial charge on any atom is -0.495 e. The first kappa shape index (κ1) is 14.5. The number of benzene rings is 1. The van der Waals surface area contributed by atoms with E-state index in [-0.39, 0.29) is 12.3 Å². The van der Waals surface area contributed by atoms with Gasteiger partial charge in [0.2, 0.25) is 5.91 Å². The van der Waals surface area contributed by atoms with E-state index in [0.717, 1.165) is 5.69 Å². The first-order valence-electron chi connectivity index (χ1n) is 6.13. The number of nitrogens with one attached hydrogen (secondary N) is 2. The quantitative estimate of drug-likeness (QED) is 0.691. The third-order valence-corrected chi connectivity index (χ3v) is 3.21. The van der Waals surface area contributed by atoms with Crippen LogP contribution in [-0.2, 0) is 9.53 Å². The number of carbonyl (C=O) groups is 1. The summed E-state index contributed by atoms with van der Waals surface area (Å²) in [7, 11) is 1.59. The number of thiocarbonyl (C=S) groups is 1. The van der Waals surface area contributed by atoms with E-state index in [2.05, 4.69) is 10.6 Å². The summed E-state index contributed by atoms with van der Waals surface area (Å²) in [6.45, 7) is 0.813. The van der Waals surface area contributed by atoms with Gasteiger partial charge in [0, 0.05) is 0 Å². The molecule has 1 aliphatic heterocycles. The molecule has 108 valence electrons. The van der Waals surface area contributed by atoms with Crippen molar-refractivity contribution in [3.8, 4) is 5.75 Å². The van der Waals surface area contributed by atoms with Crippen molar-refractivity contribution in [2.45, 2.75) is 12.0 Å². The molecule has 1 fully saturated rings. The fourth-order valence-electron chi connectivity index (χ4n) is 2.04. The minimum absolute atomic E-state index is 0.181. The maximum Gasteiger partial charge on any atom is 0.219 e. The Balaban J connectivity index is 2.00. The van der Waals surface area contributed by atoms with Crippen molar-refractivity contribution < 1.29 is 14.3 Å². The van der Waals surface area contributed by atoms with Crippen molar-refractivity contribution in [3.05, 3.63) is 24.3 Å². The van der Waals surface area contributed by atoms with Gasteiger partial charge in [0.15, 0.2) is 5.11 Å². The van der Waals surface area contributed by atoms with Crippen LogP contribution < -0.4 is 21.1 Å². The molecule has 0 aliphatic carbocycles. The van der Waals surface area contributed by atoms with E-state index in [1.807, 2.05) is 24.3 Å². The zero-order valence-electron chi connectivity index (χ0n) is 11.1. The van der Waals surface area contributed by atoms with Gasteiger partial charge in [-0.05, 0) is 24.4 Å². The standard InChI is InChI=1S/C13H17N3O3S/c1-18-10-5-3-2-4-9(10)15-12(20)16-13(6-11(14)17)7-19-8-13/h2-5H,6-8H2,1H3,(H2,14,17)(H2,15,16,20). The molecule has 2 rings (SSSR count). The molecular formula is C13H17N3O3S. The molecule has 1 amide bonds. The predicted octanol–water partition coefficient (Wildman–Crippen LogP) is 0.626. The molecule has 1 aromatic rings. The molecule has 20 heavy (non-hydrogen) atoms. The van der Waals surface area contributed by atoms with Crippen molar-refractivity contribution >= 4 is 28.9 Å². The summed E-state index contributed by atoms with van der Waals surface area (Å²) in [5.74, 6) is 0.298. The summed E-state index contributed by atoms with van der Waals surface area (Å²) >= 11 is 5.26. The van der Waals surface area contributed by atoms with Gasteiger partial charge < -0.3 is 25.8 Å². The SMILES string of the molecule is COc1ccccc1NC(=S)NC1(CC(N)=O)COC1. The summed E-state index contributed by atoms with van der Waals surface area (Å²) in [5, 5.41) is 6.55. The number of carbonyl (C=O) groups excluding carboxylic acids is 1. The fraction of sp³-hybridized carbons (Fsp3) is 0.385. The maximum absolute atomic E-state index is 11.1. The van der Waals surface area contributed by atoms with Gasteiger partial charge in [-0.1, -0.05) is 12.1 Å². The van der Waals surface area contributed by atoms with E-state index in [1.165, 1.54) is 0 Å². The van der Waals surface area contributed by atoms with Gasteiger partial charge in [0.1, 0.15) is 5.75 Å². The highest BCUT2D eigenvalue weighted by Crippen LogP contribution is 2.24. The van der Waals surface area contributed by atoms with Crippen molar-refractivity contribution in [2.75, 3.05) is 25.6 Å². The Morgan fingerprint density at radius 3 is 2.75 bits per heavy atom. The van der Waals surface area contributed by atoms with Gasteiger partial charge in [-0.25, -0.2) is 0 Å². The topological polar surface area (TPSA) is 85.6 Å². The Morgan fingerprint density at radius 1 is 1.50 bits per heavy atom. The second-order valence-corrected chi connectivity index (χ2v) is 5.10. The molecule has 6 nitrogen and oxygen atoms in total. The van der Waals surface area contributed by atoms with Gasteiger partial charge in [0.25, 0.3) is 0 Å². The number of primary amides is 1. The zero-order chi connectivity index (χ0) is 14.6. The number of anilines is 1. The Morgan fingerprint density at radius 2 is 2.20 bits per heavy atom. The summed E-state index contributed by atoms with van der Waals surface area (Å²) in [6.07, 6.45) is 0.181. The lowest BCUT2D eigenvalue weighted by Gasteiger charge is -2.42. The zero-order valence-corrected chi connectivity index (χ0v) is 12.0. The number of amides is 1. The predicted molar refractivity (Wildman–Crippen MR) is 79.7 cm³/mol. The summed E-state index contributed by atoms with van der Waals surface area (Å²) in [5.41, 5.74) is 5.49. The van der Waals surface area contributed by atoms with E-state index < -0.39 is 5.54 Å². The normalized spacial score (nSPS) is 15.8. The molecule has 1 aliphatic rings. The third kappa shape index (κ3) is 3.37. The van der Waals surface area contributed by atoms with E-state index in [9.17, 15) is 4.79 Å². The lowest BCUT2D eigenvalue weighted by molar-refractivity contribution is -0.126. The van der Waals surface area contributed by atoms with E-state index in [4.69, 9.17) is 27.4 Å². The van der Waals surface area contributed by atoms with Crippen molar-refractivity contribution in [3.63, 3.8) is 0 Å². The second-order valence-electron chi connectivity index (χ2n) is 4.70. The maximum atomic E-state index is 11.1. The molecule has 0 aromatic heterocycles. The Bertz CT molecular complexity index is 517. The molecule has 0 saturated carbocycles. The molecule has 0 atom stereocenters. The monoisotopic (exact) mass is 295 g/mol. The molecule has 0 bridgehead atoms. The second kappa shape index (κ2) is 6.06. The number of rotatable bonds is 5. The van der Waals surface area contributed by atoms with Gasteiger partial charge in [-0.15, -0.1) is 0 Å². The first-order valence-corrected chi connectivity index (χ1v) is 6.54. The van der Waals surface area contributed by atoms with Gasteiger partial charge >= 0.3 is 0 Å². The smallest absolute Gasteiger partial charge is 0.219 e. The third-order valence-electron chi connectivity index (χ3n) is 3.00. The van der Waals surface area contributed by atoms with Gasteiger partial charge in [-0.3, -0.25) is 4.79 Å². The summed E-state index contributed by atoms with van der Waals surface area (Å²) < 4.78 is 10.4. The van der Waals surface area contributed by atoms with Crippen LogP contribution in [0.15, 0.2) is 24.3 Å². The molecular weight excluding hydrogens is 278 g/mol. The minimum atomic E-state index is -0.502. The van der Waals surface area contributed by atoms with Crippen LogP contribution in [0.1, 0.15) is 6.42 Å². The fourth-order valence-corrected chi connectivity index (χ4v) is 2.37.